The molecule has 98 valence electrons. The molecule has 0 aliphatic carbocycles. The third-order valence-corrected chi connectivity index (χ3v) is 3.43. The van der Waals surface area contributed by atoms with Gasteiger partial charge in [-0.05, 0) is 50.4 Å². The Hall–Kier alpha value is -1.29. The van der Waals surface area contributed by atoms with E-state index in [-0.39, 0.29) is 18.5 Å². The number of carbonyl (C=O) groups excluding carboxylic acids is 1. The molecule has 18 heavy (non-hydrogen) atoms. The molecule has 0 aromatic heterocycles. The Morgan fingerprint density at radius 3 is 2.67 bits per heavy atom. The second-order valence-corrected chi connectivity index (χ2v) is 5.12. The maximum atomic E-state index is 11.3. The summed E-state index contributed by atoms with van der Waals surface area (Å²) in [5.74, 6) is -0.0600. The number of benzene rings is 1. The number of hydrogen-bond acceptors (Lipinski definition) is 3. The third-order valence-electron chi connectivity index (χ3n) is 2.69. The summed E-state index contributed by atoms with van der Waals surface area (Å²) in [7, 11) is 0. The fraction of sp³-hybridized carbons (Fsp3) is 0.429. The monoisotopic (exact) mass is 264 g/mol. The zero-order valence-corrected chi connectivity index (χ0v) is 11.8. The molecule has 0 aliphatic rings. The van der Waals surface area contributed by atoms with Crippen molar-refractivity contribution in [2.24, 2.45) is 4.99 Å². The lowest BCUT2D eigenvalue weighted by atomic mass is 10.1. The first-order valence-corrected chi connectivity index (χ1v) is 7.23. The summed E-state index contributed by atoms with van der Waals surface area (Å²) in [5.41, 5.74) is 1.30. The molecule has 1 unspecified atom stereocenters. The average Bonchev–Trinajstić information content (AvgIpc) is 2.37. The first kappa shape index (κ1) is 14.8. The Morgan fingerprint density at radius 2 is 2.11 bits per heavy atom. The topological polar surface area (TPSA) is 41.5 Å². The number of hydrogen-bond donors (Lipinski definition) is 1. The molecule has 0 radical (unpaired) electrons. The standard InChI is InChI=1S/C14H20N2OS/c1-11(16-14(17)10-15-2)4-5-12-6-8-13(18-3)9-7-12/h6-9,11H,2,4-5,10H2,1,3H3,(H,16,17). The van der Waals surface area contributed by atoms with Crippen molar-refractivity contribution in [2.75, 3.05) is 12.8 Å². The predicted octanol–water partition coefficient (Wildman–Crippen LogP) is 2.55. The number of thioether (sulfide) groups is 1. The lowest BCUT2D eigenvalue weighted by Gasteiger charge is -2.13. The minimum absolute atomic E-state index is 0.0600. The van der Waals surface area contributed by atoms with Crippen LogP contribution in [0.5, 0.6) is 0 Å². The molecule has 1 N–H and O–H groups in total. The van der Waals surface area contributed by atoms with E-state index in [2.05, 4.69) is 47.5 Å². The highest BCUT2D eigenvalue weighted by atomic mass is 32.2. The van der Waals surface area contributed by atoms with Gasteiger partial charge in [-0.1, -0.05) is 12.1 Å². The van der Waals surface area contributed by atoms with E-state index >= 15 is 0 Å². The minimum atomic E-state index is -0.0600. The number of aliphatic imine (C=N–C) groups is 1. The van der Waals surface area contributed by atoms with Crippen molar-refractivity contribution in [1.82, 2.24) is 5.32 Å². The highest BCUT2D eigenvalue weighted by Crippen LogP contribution is 2.15. The van der Waals surface area contributed by atoms with E-state index in [0.717, 1.165) is 12.8 Å². The lowest BCUT2D eigenvalue weighted by molar-refractivity contribution is -0.120. The van der Waals surface area contributed by atoms with E-state index in [4.69, 9.17) is 0 Å². The number of rotatable bonds is 7. The minimum Gasteiger partial charge on any atom is -0.352 e. The largest absolute Gasteiger partial charge is 0.352 e. The third kappa shape index (κ3) is 5.36. The Kier molecular flexibility index (Phi) is 6.50. The molecule has 0 saturated heterocycles. The van der Waals surface area contributed by atoms with Gasteiger partial charge in [0.05, 0.1) is 0 Å². The van der Waals surface area contributed by atoms with Gasteiger partial charge < -0.3 is 5.32 Å². The van der Waals surface area contributed by atoms with Gasteiger partial charge in [0, 0.05) is 10.9 Å². The van der Waals surface area contributed by atoms with Crippen LogP contribution in [0.4, 0.5) is 0 Å². The highest BCUT2D eigenvalue weighted by molar-refractivity contribution is 7.98. The van der Waals surface area contributed by atoms with Crippen LogP contribution in [0, 0.1) is 0 Å². The van der Waals surface area contributed by atoms with Crippen LogP contribution >= 0.6 is 11.8 Å². The van der Waals surface area contributed by atoms with Crippen LogP contribution in [0.2, 0.25) is 0 Å². The molecule has 4 heteroatoms. The summed E-state index contributed by atoms with van der Waals surface area (Å²) in [6, 6.07) is 8.71. The first-order valence-electron chi connectivity index (χ1n) is 6.00. The predicted molar refractivity (Wildman–Crippen MR) is 78.6 cm³/mol. The van der Waals surface area contributed by atoms with E-state index < -0.39 is 0 Å². The number of nitrogens with zero attached hydrogens (tertiary/aromatic N) is 1. The van der Waals surface area contributed by atoms with Crippen LogP contribution in [0.3, 0.4) is 0 Å². The summed E-state index contributed by atoms with van der Waals surface area (Å²) in [5, 5.41) is 2.90. The second-order valence-electron chi connectivity index (χ2n) is 4.24. The van der Waals surface area contributed by atoms with Gasteiger partial charge >= 0.3 is 0 Å². The van der Waals surface area contributed by atoms with Crippen molar-refractivity contribution in [3.63, 3.8) is 0 Å². The van der Waals surface area contributed by atoms with Crippen molar-refractivity contribution < 1.29 is 4.79 Å². The van der Waals surface area contributed by atoms with Crippen LogP contribution in [0.25, 0.3) is 0 Å². The van der Waals surface area contributed by atoms with Gasteiger partial charge in [-0.25, -0.2) is 0 Å². The van der Waals surface area contributed by atoms with Crippen molar-refractivity contribution in [2.45, 2.75) is 30.7 Å². The molecule has 0 spiro atoms. The van der Waals surface area contributed by atoms with Gasteiger partial charge in [-0.2, -0.15) is 0 Å². The van der Waals surface area contributed by atoms with E-state index in [1.807, 2.05) is 6.92 Å². The lowest BCUT2D eigenvalue weighted by Crippen LogP contribution is -2.34. The number of aryl methyl sites for hydroxylation is 1. The fourth-order valence-corrected chi connectivity index (χ4v) is 2.08. The highest BCUT2D eigenvalue weighted by Gasteiger charge is 2.06. The molecule has 1 rings (SSSR count). The van der Waals surface area contributed by atoms with Gasteiger partial charge in [0.2, 0.25) is 5.91 Å². The average molecular weight is 264 g/mol. The maximum Gasteiger partial charge on any atom is 0.241 e. The van der Waals surface area contributed by atoms with Crippen molar-refractivity contribution in [3.8, 4) is 0 Å². The Labute approximate surface area is 113 Å². The summed E-state index contributed by atoms with van der Waals surface area (Å²) in [6.45, 7) is 5.46. The molecule has 1 atom stereocenters. The Morgan fingerprint density at radius 1 is 1.44 bits per heavy atom. The molecule has 1 aromatic carbocycles. The van der Waals surface area contributed by atoms with Gasteiger partial charge in [-0.15, -0.1) is 11.8 Å². The molecule has 1 amide bonds. The normalized spacial score (nSPS) is 11.9. The Bertz CT molecular complexity index is 389. The van der Waals surface area contributed by atoms with E-state index in [1.165, 1.54) is 10.5 Å². The fourth-order valence-electron chi connectivity index (χ4n) is 1.67. The van der Waals surface area contributed by atoms with Crippen molar-refractivity contribution in [1.29, 1.82) is 0 Å². The van der Waals surface area contributed by atoms with Crippen LogP contribution in [-0.4, -0.2) is 31.5 Å². The van der Waals surface area contributed by atoms with Gasteiger partial charge in [0.25, 0.3) is 0 Å². The Balaban J connectivity index is 2.34. The van der Waals surface area contributed by atoms with Crippen molar-refractivity contribution >= 4 is 24.4 Å². The van der Waals surface area contributed by atoms with Crippen LogP contribution in [0.1, 0.15) is 18.9 Å². The zero-order valence-electron chi connectivity index (χ0n) is 11.0. The van der Waals surface area contributed by atoms with Crippen molar-refractivity contribution in [3.05, 3.63) is 29.8 Å². The molecule has 3 nitrogen and oxygen atoms in total. The molecular formula is C14H20N2OS. The molecular weight excluding hydrogens is 244 g/mol. The summed E-state index contributed by atoms with van der Waals surface area (Å²) < 4.78 is 0. The van der Waals surface area contributed by atoms with Crippen LogP contribution < -0.4 is 5.32 Å². The molecule has 0 heterocycles. The molecule has 1 aromatic rings. The van der Waals surface area contributed by atoms with Crippen LogP contribution in [-0.2, 0) is 11.2 Å². The van der Waals surface area contributed by atoms with Gasteiger partial charge in [0.1, 0.15) is 6.54 Å². The summed E-state index contributed by atoms with van der Waals surface area (Å²) in [6.07, 6.45) is 3.97. The molecule has 0 aliphatic heterocycles. The van der Waals surface area contributed by atoms with Gasteiger partial charge in [-0.3, -0.25) is 9.79 Å². The SMILES string of the molecule is C=NCC(=O)NC(C)CCc1ccc(SC)cc1. The summed E-state index contributed by atoms with van der Waals surface area (Å²) >= 11 is 1.74. The number of nitrogens with one attached hydrogen (secondary N) is 1. The first-order chi connectivity index (χ1) is 8.65. The second kappa shape index (κ2) is 7.93. The number of amides is 1. The van der Waals surface area contributed by atoms with E-state index in [0.29, 0.717) is 0 Å². The van der Waals surface area contributed by atoms with Crippen LogP contribution in [0.15, 0.2) is 34.2 Å². The molecule has 0 bridgehead atoms. The molecule has 0 fully saturated rings. The zero-order chi connectivity index (χ0) is 13.4. The summed E-state index contributed by atoms with van der Waals surface area (Å²) in [4.78, 5) is 16.1. The molecule has 0 saturated carbocycles. The van der Waals surface area contributed by atoms with E-state index in [9.17, 15) is 4.79 Å². The quantitative estimate of drug-likeness (QED) is 0.607. The van der Waals surface area contributed by atoms with Gasteiger partial charge in [0.15, 0.2) is 0 Å². The maximum absolute atomic E-state index is 11.3. The van der Waals surface area contributed by atoms with E-state index in [1.54, 1.807) is 11.8 Å². The smallest absolute Gasteiger partial charge is 0.241 e. The number of carbonyl (C=O) groups is 1.